The molecule has 0 radical (unpaired) electrons. The van der Waals surface area contributed by atoms with Crippen molar-refractivity contribution in [2.75, 3.05) is 31.5 Å². The second-order valence-electron chi connectivity index (χ2n) is 6.14. The number of hydrogen-bond acceptors (Lipinski definition) is 6. The van der Waals surface area contributed by atoms with Crippen molar-refractivity contribution >= 4 is 21.4 Å². The first-order valence-corrected chi connectivity index (χ1v) is 8.77. The van der Waals surface area contributed by atoms with Gasteiger partial charge in [0.25, 0.3) is 5.56 Å². The molecular formula is C15H23N5OS. The van der Waals surface area contributed by atoms with Gasteiger partial charge in [-0.25, -0.2) is 4.98 Å². The van der Waals surface area contributed by atoms with Gasteiger partial charge in [0.15, 0.2) is 0 Å². The number of piperidine rings is 1. The number of nitrogens with one attached hydrogen (secondary N) is 1. The van der Waals surface area contributed by atoms with Gasteiger partial charge in [-0.2, -0.15) is 4.52 Å². The van der Waals surface area contributed by atoms with Gasteiger partial charge in [-0.3, -0.25) is 4.79 Å². The molecule has 22 heavy (non-hydrogen) atoms. The van der Waals surface area contributed by atoms with Gasteiger partial charge in [-0.1, -0.05) is 18.3 Å². The average molecular weight is 321 g/mol. The van der Waals surface area contributed by atoms with Gasteiger partial charge in [0.1, 0.15) is 0 Å². The highest BCUT2D eigenvalue weighted by molar-refractivity contribution is 7.20. The molecule has 3 rings (SSSR count). The molecule has 2 aromatic heterocycles. The van der Waals surface area contributed by atoms with Crippen LogP contribution in [0.2, 0.25) is 0 Å². The quantitative estimate of drug-likeness (QED) is 0.853. The van der Waals surface area contributed by atoms with Crippen molar-refractivity contribution in [3.8, 4) is 0 Å². The predicted octanol–water partition coefficient (Wildman–Crippen LogP) is 1.99. The highest BCUT2D eigenvalue weighted by Crippen LogP contribution is 2.17. The smallest absolute Gasteiger partial charge is 0.275 e. The molecule has 0 amide bonds. The zero-order valence-corrected chi connectivity index (χ0v) is 14.0. The molecule has 7 heteroatoms. The van der Waals surface area contributed by atoms with E-state index >= 15 is 0 Å². The summed E-state index contributed by atoms with van der Waals surface area (Å²) in [6, 6.07) is 1.51. The molecule has 1 aliphatic rings. The lowest BCUT2D eigenvalue weighted by molar-refractivity contribution is 0.192. The van der Waals surface area contributed by atoms with E-state index in [0.717, 1.165) is 36.3 Å². The van der Waals surface area contributed by atoms with Crippen molar-refractivity contribution in [2.24, 2.45) is 5.92 Å². The minimum atomic E-state index is -0.116. The molecule has 120 valence electrons. The van der Waals surface area contributed by atoms with E-state index in [9.17, 15) is 4.79 Å². The fourth-order valence-electron chi connectivity index (χ4n) is 2.78. The molecule has 0 atom stereocenters. The Morgan fingerprint density at radius 1 is 1.41 bits per heavy atom. The Morgan fingerprint density at radius 3 is 2.95 bits per heavy atom. The molecule has 0 saturated carbocycles. The SMILES string of the molecule is Cc1cc(=O)n2nc(NCCCN3CCC(C)CC3)sc2n1. The van der Waals surface area contributed by atoms with Crippen LogP contribution in [-0.4, -0.2) is 45.7 Å². The summed E-state index contributed by atoms with van der Waals surface area (Å²) in [5.74, 6) is 0.881. The van der Waals surface area contributed by atoms with Crippen LogP contribution in [0.5, 0.6) is 0 Å². The van der Waals surface area contributed by atoms with Crippen molar-refractivity contribution in [3.05, 3.63) is 22.1 Å². The lowest BCUT2D eigenvalue weighted by atomic mass is 9.99. The third-order valence-corrected chi connectivity index (χ3v) is 5.04. The molecule has 6 nitrogen and oxygen atoms in total. The Balaban J connectivity index is 1.50. The van der Waals surface area contributed by atoms with Crippen molar-refractivity contribution in [1.82, 2.24) is 19.5 Å². The highest BCUT2D eigenvalue weighted by Gasteiger charge is 2.14. The standard InChI is InChI=1S/C15H23N5OS/c1-11-4-8-19(9-5-11)7-3-6-16-14-18-20-13(21)10-12(2)17-15(20)22-14/h10-11H,3-9H2,1-2H3,(H,16,18). The maximum atomic E-state index is 11.8. The van der Waals surface area contributed by atoms with E-state index in [1.807, 2.05) is 6.92 Å². The average Bonchev–Trinajstić information content (AvgIpc) is 2.88. The van der Waals surface area contributed by atoms with Crippen LogP contribution in [0.25, 0.3) is 4.96 Å². The Bertz CT molecular complexity index is 687. The fourth-order valence-corrected chi connectivity index (χ4v) is 3.65. The van der Waals surface area contributed by atoms with E-state index in [2.05, 4.69) is 27.2 Å². The van der Waals surface area contributed by atoms with Crippen LogP contribution < -0.4 is 10.9 Å². The number of hydrogen-bond donors (Lipinski definition) is 1. The Morgan fingerprint density at radius 2 is 2.18 bits per heavy atom. The second-order valence-corrected chi connectivity index (χ2v) is 7.10. The number of aryl methyl sites for hydroxylation is 1. The number of anilines is 1. The van der Waals surface area contributed by atoms with Crippen molar-refractivity contribution in [2.45, 2.75) is 33.1 Å². The molecule has 1 aliphatic heterocycles. The minimum absolute atomic E-state index is 0.116. The lowest BCUT2D eigenvalue weighted by Crippen LogP contribution is -2.34. The van der Waals surface area contributed by atoms with Crippen LogP contribution >= 0.6 is 11.3 Å². The van der Waals surface area contributed by atoms with Gasteiger partial charge in [-0.15, -0.1) is 5.10 Å². The van der Waals surface area contributed by atoms with Crippen molar-refractivity contribution < 1.29 is 0 Å². The van der Waals surface area contributed by atoms with E-state index < -0.39 is 0 Å². The van der Waals surface area contributed by atoms with E-state index in [-0.39, 0.29) is 5.56 Å². The summed E-state index contributed by atoms with van der Waals surface area (Å²) < 4.78 is 1.37. The third kappa shape index (κ3) is 3.64. The molecule has 1 saturated heterocycles. The minimum Gasteiger partial charge on any atom is -0.360 e. The molecule has 3 heterocycles. The summed E-state index contributed by atoms with van der Waals surface area (Å²) >= 11 is 1.43. The van der Waals surface area contributed by atoms with Crippen LogP contribution in [0, 0.1) is 12.8 Å². The van der Waals surface area contributed by atoms with Crippen LogP contribution in [0.4, 0.5) is 5.13 Å². The Labute approximate surface area is 134 Å². The molecule has 0 aromatic carbocycles. The Hall–Kier alpha value is -1.47. The zero-order chi connectivity index (χ0) is 15.5. The van der Waals surface area contributed by atoms with E-state index in [1.54, 1.807) is 0 Å². The zero-order valence-electron chi connectivity index (χ0n) is 13.2. The van der Waals surface area contributed by atoms with E-state index in [1.165, 1.54) is 47.8 Å². The van der Waals surface area contributed by atoms with Gasteiger partial charge in [0, 0.05) is 18.3 Å². The maximum Gasteiger partial charge on any atom is 0.275 e. The van der Waals surface area contributed by atoms with Crippen LogP contribution in [0.15, 0.2) is 10.9 Å². The first-order valence-electron chi connectivity index (χ1n) is 7.95. The summed E-state index contributed by atoms with van der Waals surface area (Å²) in [5.41, 5.74) is 0.619. The first kappa shape index (κ1) is 15.4. The van der Waals surface area contributed by atoms with Crippen LogP contribution in [0.3, 0.4) is 0 Å². The molecule has 0 aliphatic carbocycles. The molecule has 1 fully saturated rings. The highest BCUT2D eigenvalue weighted by atomic mass is 32.1. The molecule has 1 N–H and O–H groups in total. The van der Waals surface area contributed by atoms with E-state index in [4.69, 9.17) is 0 Å². The number of rotatable bonds is 5. The predicted molar refractivity (Wildman–Crippen MR) is 89.8 cm³/mol. The van der Waals surface area contributed by atoms with Gasteiger partial charge in [-0.05, 0) is 51.7 Å². The number of nitrogens with zero attached hydrogens (tertiary/aromatic N) is 4. The molecule has 2 aromatic rings. The largest absolute Gasteiger partial charge is 0.360 e. The van der Waals surface area contributed by atoms with Crippen molar-refractivity contribution in [1.29, 1.82) is 0 Å². The summed E-state index contributed by atoms with van der Waals surface area (Å²) in [7, 11) is 0. The van der Waals surface area contributed by atoms with Crippen LogP contribution in [-0.2, 0) is 0 Å². The normalized spacial score (nSPS) is 17.2. The summed E-state index contributed by atoms with van der Waals surface area (Å²) in [4.78, 5) is 19.3. The topological polar surface area (TPSA) is 62.5 Å². The second kappa shape index (κ2) is 6.75. The van der Waals surface area contributed by atoms with Gasteiger partial charge >= 0.3 is 0 Å². The maximum absolute atomic E-state index is 11.8. The van der Waals surface area contributed by atoms with Crippen LogP contribution in [0.1, 0.15) is 31.9 Å². The summed E-state index contributed by atoms with van der Waals surface area (Å²) in [6.07, 6.45) is 3.73. The fraction of sp³-hybridized carbons (Fsp3) is 0.667. The Kier molecular flexibility index (Phi) is 4.73. The molecule has 0 unspecified atom stereocenters. The molecule has 0 bridgehead atoms. The summed E-state index contributed by atoms with van der Waals surface area (Å²) in [5, 5.41) is 8.36. The van der Waals surface area contributed by atoms with Gasteiger partial charge in [0.05, 0.1) is 0 Å². The van der Waals surface area contributed by atoms with Gasteiger partial charge in [0.2, 0.25) is 10.1 Å². The van der Waals surface area contributed by atoms with E-state index in [0.29, 0.717) is 4.96 Å². The lowest BCUT2D eigenvalue weighted by Gasteiger charge is -2.30. The third-order valence-electron chi connectivity index (χ3n) is 4.18. The number of aromatic nitrogens is 3. The number of likely N-dealkylation sites (tertiary alicyclic amines) is 1. The summed E-state index contributed by atoms with van der Waals surface area (Å²) in [6.45, 7) is 8.61. The molecular weight excluding hydrogens is 298 g/mol. The first-order chi connectivity index (χ1) is 10.6. The number of fused-ring (bicyclic) bond motifs is 1. The molecule has 0 spiro atoms. The van der Waals surface area contributed by atoms with Crippen molar-refractivity contribution in [3.63, 3.8) is 0 Å². The monoisotopic (exact) mass is 321 g/mol. The van der Waals surface area contributed by atoms with Gasteiger partial charge < -0.3 is 10.2 Å².